The molecule has 0 aromatic heterocycles. The van der Waals surface area contributed by atoms with Gasteiger partial charge in [-0.2, -0.15) is 5.10 Å². The van der Waals surface area contributed by atoms with Crippen LogP contribution < -0.4 is 10.2 Å². The summed E-state index contributed by atoms with van der Waals surface area (Å²) >= 11 is 0. The summed E-state index contributed by atoms with van der Waals surface area (Å²) in [5.74, 6) is 0.513. The number of fused-ring (bicyclic) bond motifs is 1. The second-order valence-corrected chi connectivity index (χ2v) is 6.25. The summed E-state index contributed by atoms with van der Waals surface area (Å²) in [4.78, 5) is 12.0. The van der Waals surface area contributed by atoms with Crippen LogP contribution in [0, 0.1) is 0 Å². The van der Waals surface area contributed by atoms with Crippen LogP contribution in [0.1, 0.15) is 44.9 Å². The summed E-state index contributed by atoms with van der Waals surface area (Å²) in [6.07, 6.45) is 8.16. The zero-order chi connectivity index (χ0) is 16.6. The minimum Gasteiger partial charge on any atom is -0.483 e. The summed E-state index contributed by atoms with van der Waals surface area (Å²) in [6.45, 7) is -0.0230. The Labute approximate surface area is 142 Å². The number of nitrogens with zero attached hydrogens (tertiary/aromatic N) is 1. The molecular weight excluding hydrogens is 300 g/mol. The Kier molecular flexibility index (Phi) is 5.83. The van der Waals surface area contributed by atoms with Gasteiger partial charge >= 0.3 is 0 Å². The van der Waals surface area contributed by atoms with Crippen LogP contribution in [0.5, 0.6) is 5.75 Å². The molecule has 1 N–H and O–H groups in total. The highest BCUT2D eigenvalue weighted by atomic mass is 16.5. The summed E-state index contributed by atoms with van der Waals surface area (Å²) in [6, 6.07) is 13.8. The van der Waals surface area contributed by atoms with E-state index in [2.05, 4.69) is 10.5 Å². The lowest BCUT2D eigenvalue weighted by Gasteiger charge is -2.11. The topological polar surface area (TPSA) is 50.7 Å². The molecule has 0 aliphatic heterocycles. The van der Waals surface area contributed by atoms with E-state index in [-0.39, 0.29) is 12.5 Å². The molecule has 0 heterocycles. The number of ether oxygens (including phenoxy) is 1. The van der Waals surface area contributed by atoms with Crippen molar-refractivity contribution < 1.29 is 9.53 Å². The average Bonchev–Trinajstić information content (AvgIpc) is 2.59. The number of hydrogen-bond donors (Lipinski definition) is 1. The van der Waals surface area contributed by atoms with Crippen LogP contribution in [0.3, 0.4) is 0 Å². The van der Waals surface area contributed by atoms with Gasteiger partial charge < -0.3 is 4.74 Å². The SMILES string of the molecule is O=C(COc1cccc2ccccc12)NN=C1CCCCCCC1. The van der Waals surface area contributed by atoms with Crippen molar-refractivity contribution in [2.45, 2.75) is 44.9 Å². The number of hydrazone groups is 1. The van der Waals surface area contributed by atoms with Crippen LogP contribution in [0.15, 0.2) is 47.6 Å². The van der Waals surface area contributed by atoms with E-state index < -0.39 is 0 Å². The van der Waals surface area contributed by atoms with Crippen molar-refractivity contribution in [1.82, 2.24) is 5.43 Å². The zero-order valence-corrected chi connectivity index (χ0v) is 14.0. The minimum absolute atomic E-state index is 0.0230. The van der Waals surface area contributed by atoms with Gasteiger partial charge in [-0.25, -0.2) is 5.43 Å². The number of carbonyl (C=O) groups is 1. The highest BCUT2D eigenvalue weighted by Crippen LogP contribution is 2.24. The molecule has 0 atom stereocenters. The Morgan fingerprint density at radius 3 is 2.50 bits per heavy atom. The van der Waals surface area contributed by atoms with Gasteiger partial charge in [0.05, 0.1) is 0 Å². The molecule has 1 saturated carbocycles. The highest BCUT2D eigenvalue weighted by molar-refractivity contribution is 5.89. The quantitative estimate of drug-likeness (QED) is 0.846. The van der Waals surface area contributed by atoms with Gasteiger partial charge in [0.2, 0.25) is 0 Å². The molecule has 0 radical (unpaired) electrons. The first kappa shape index (κ1) is 16.5. The maximum Gasteiger partial charge on any atom is 0.277 e. The fourth-order valence-electron chi connectivity index (χ4n) is 3.06. The molecule has 126 valence electrons. The number of amides is 1. The molecule has 2 aromatic carbocycles. The predicted octanol–water partition coefficient (Wildman–Crippen LogP) is 4.44. The Hall–Kier alpha value is -2.36. The Balaban J connectivity index is 1.55. The van der Waals surface area contributed by atoms with Gasteiger partial charge in [0.25, 0.3) is 5.91 Å². The molecule has 1 aliphatic rings. The van der Waals surface area contributed by atoms with Gasteiger partial charge in [-0.3, -0.25) is 4.79 Å². The Morgan fingerprint density at radius 2 is 1.67 bits per heavy atom. The number of nitrogens with one attached hydrogen (secondary N) is 1. The van der Waals surface area contributed by atoms with E-state index in [9.17, 15) is 4.79 Å². The first-order valence-corrected chi connectivity index (χ1v) is 8.78. The van der Waals surface area contributed by atoms with E-state index in [1.807, 2.05) is 42.5 Å². The molecule has 3 rings (SSSR count). The van der Waals surface area contributed by atoms with E-state index in [1.54, 1.807) is 0 Å². The first-order chi connectivity index (χ1) is 11.8. The van der Waals surface area contributed by atoms with E-state index in [1.165, 1.54) is 32.1 Å². The van der Waals surface area contributed by atoms with Crippen LogP contribution in [-0.4, -0.2) is 18.2 Å². The van der Waals surface area contributed by atoms with Gasteiger partial charge in [-0.15, -0.1) is 0 Å². The largest absolute Gasteiger partial charge is 0.483 e. The summed E-state index contributed by atoms with van der Waals surface area (Å²) in [7, 11) is 0. The molecule has 4 nitrogen and oxygen atoms in total. The van der Waals surface area contributed by atoms with Gasteiger partial charge in [0.15, 0.2) is 6.61 Å². The molecule has 0 unspecified atom stereocenters. The third-order valence-electron chi connectivity index (χ3n) is 4.38. The molecular formula is C20H24N2O2. The van der Waals surface area contributed by atoms with Crippen LogP contribution in [-0.2, 0) is 4.79 Å². The lowest BCUT2D eigenvalue weighted by Crippen LogP contribution is -2.26. The zero-order valence-electron chi connectivity index (χ0n) is 14.0. The van der Waals surface area contributed by atoms with Crippen molar-refractivity contribution in [3.8, 4) is 5.75 Å². The maximum absolute atomic E-state index is 12.0. The molecule has 0 spiro atoms. The average molecular weight is 324 g/mol. The minimum atomic E-state index is -0.211. The predicted molar refractivity (Wildman–Crippen MR) is 97.3 cm³/mol. The van der Waals surface area contributed by atoms with Gasteiger partial charge in [0.1, 0.15) is 5.75 Å². The molecule has 1 fully saturated rings. The fourth-order valence-corrected chi connectivity index (χ4v) is 3.06. The lowest BCUT2D eigenvalue weighted by atomic mass is 9.99. The number of rotatable bonds is 4. The summed E-state index contributed by atoms with van der Waals surface area (Å²) < 4.78 is 5.68. The Bertz CT molecular complexity index is 709. The monoisotopic (exact) mass is 324 g/mol. The number of carbonyl (C=O) groups excluding carboxylic acids is 1. The van der Waals surface area contributed by atoms with Crippen molar-refractivity contribution in [3.05, 3.63) is 42.5 Å². The molecule has 0 saturated heterocycles. The highest BCUT2D eigenvalue weighted by Gasteiger charge is 2.08. The first-order valence-electron chi connectivity index (χ1n) is 8.78. The van der Waals surface area contributed by atoms with Crippen molar-refractivity contribution in [3.63, 3.8) is 0 Å². The smallest absolute Gasteiger partial charge is 0.277 e. The van der Waals surface area contributed by atoms with Gasteiger partial charge in [-0.1, -0.05) is 55.7 Å². The lowest BCUT2D eigenvalue weighted by molar-refractivity contribution is -0.123. The fraction of sp³-hybridized carbons (Fsp3) is 0.400. The normalized spacial score (nSPS) is 15.4. The van der Waals surface area contributed by atoms with E-state index in [0.29, 0.717) is 0 Å². The van der Waals surface area contributed by atoms with Crippen LogP contribution in [0.25, 0.3) is 10.8 Å². The molecule has 2 aromatic rings. The van der Waals surface area contributed by atoms with Crippen LogP contribution >= 0.6 is 0 Å². The standard InChI is InChI=1S/C20H24N2O2/c23-20(22-21-17-11-4-2-1-3-5-12-17)15-24-19-14-8-10-16-9-6-7-13-18(16)19/h6-10,13-14H,1-5,11-12,15H2,(H,22,23). The van der Waals surface area contributed by atoms with Crippen molar-refractivity contribution in [1.29, 1.82) is 0 Å². The molecule has 0 bridgehead atoms. The summed E-state index contributed by atoms with van der Waals surface area (Å²) in [5.41, 5.74) is 3.75. The Morgan fingerprint density at radius 1 is 0.958 bits per heavy atom. The summed E-state index contributed by atoms with van der Waals surface area (Å²) in [5, 5.41) is 6.41. The second-order valence-electron chi connectivity index (χ2n) is 6.25. The van der Waals surface area contributed by atoms with Gasteiger partial charge in [0, 0.05) is 11.1 Å². The third-order valence-corrected chi connectivity index (χ3v) is 4.38. The van der Waals surface area contributed by atoms with Crippen LogP contribution in [0.2, 0.25) is 0 Å². The third kappa shape index (κ3) is 4.57. The second kappa shape index (κ2) is 8.48. The van der Waals surface area contributed by atoms with Crippen molar-refractivity contribution in [2.75, 3.05) is 6.61 Å². The van der Waals surface area contributed by atoms with Crippen LogP contribution in [0.4, 0.5) is 0 Å². The van der Waals surface area contributed by atoms with E-state index >= 15 is 0 Å². The van der Waals surface area contributed by atoms with Crippen molar-refractivity contribution in [2.24, 2.45) is 5.10 Å². The van der Waals surface area contributed by atoms with Gasteiger partial charge in [-0.05, 0) is 37.1 Å². The molecule has 24 heavy (non-hydrogen) atoms. The van der Waals surface area contributed by atoms with Crippen molar-refractivity contribution >= 4 is 22.4 Å². The van der Waals surface area contributed by atoms with E-state index in [0.717, 1.165) is 35.1 Å². The molecule has 1 amide bonds. The maximum atomic E-state index is 12.0. The molecule has 4 heteroatoms. The molecule has 1 aliphatic carbocycles. The number of benzene rings is 2. The van der Waals surface area contributed by atoms with E-state index in [4.69, 9.17) is 4.74 Å². The number of hydrogen-bond acceptors (Lipinski definition) is 3.